The van der Waals surface area contributed by atoms with Gasteiger partial charge < -0.3 is 10.6 Å². The van der Waals surface area contributed by atoms with Crippen molar-refractivity contribution in [3.05, 3.63) is 35.9 Å². The number of halogens is 1. The highest BCUT2D eigenvalue weighted by molar-refractivity contribution is 14.0. The first kappa shape index (κ1) is 21.8. The van der Waals surface area contributed by atoms with Gasteiger partial charge in [0.25, 0.3) is 0 Å². The minimum absolute atomic E-state index is 0. The molecule has 2 rings (SSSR count). The minimum atomic E-state index is -0.847. The molecule has 1 aliphatic heterocycles. The Labute approximate surface area is 169 Å². The van der Waals surface area contributed by atoms with E-state index in [1.165, 1.54) is 18.6 Å². The Hall–Kier alpha value is -0.280. The van der Waals surface area contributed by atoms with Gasteiger partial charge in [0.05, 0.1) is 6.54 Å². The van der Waals surface area contributed by atoms with Crippen LogP contribution in [0.1, 0.15) is 25.3 Å². The second kappa shape index (κ2) is 13.0. The molecule has 0 aliphatic carbocycles. The molecule has 4 nitrogen and oxygen atoms in total. The van der Waals surface area contributed by atoms with Gasteiger partial charge in [-0.2, -0.15) is 11.8 Å². The predicted molar refractivity (Wildman–Crippen MR) is 118 cm³/mol. The highest BCUT2D eigenvalue weighted by atomic mass is 127. The summed E-state index contributed by atoms with van der Waals surface area (Å²) in [5.41, 5.74) is 1.13. The van der Waals surface area contributed by atoms with Gasteiger partial charge in [0.2, 0.25) is 0 Å². The van der Waals surface area contributed by atoms with Crippen LogP contribution < -0.4 is 10.6 Å². The van der Waals surface area contributed by atoms with E-state index in [1.54, 1.807) is 0 Å². The summed E-state index contributed by atoms with van der Waals surface area (Å²) in [5.74, 6) is 3.37. The third kappa shape index (κ3) is 8.71. The summed E-state index contributed by atoms with van der Waals surface area (Å²) in [4.78, 5) is 4.65. The van der Waals surface area contributed by atoms with Gasteiger partial charge in [0, 0.05) is 40.6 Å². The quantitative estimate of drug-likeness (QED) is 0.341. The first-order valence-corrected chi connectivity index (χ1v) is 10.8. The Morgan fingerprint density at radius 2 is 2.12 bits per heavy atom. The lowest BCUT2D eigenvalue weighted by Gasteiger charge is -2.12. The van der Waals surface area contributed by atoms with Crippen molar-refractivity contribution in [3.8, 4) is 0 Å². The van der Waals surface area contributed by atoms with E-state index in [2.05, 4.69) is 22.5 Å². The summed E-state index contributed by atoms with van der Waals surface area (Å²) in [6.07, 6.45) is 2.59. The van der Waals surface area contributed by atoms with E-state index in [1.807, 2.05) is 42.1 Å². The number of rotatable bonds is 8. The van der Waals surface area contributed by atoms with Crippen molar-refractivity contribution in [2.24, 2.45) is 4.99 Å². The number of benzene rings is 1. The van der Waals surface area contributed by atoms with E-state index in [0.29, 0.717) is 23.3 Å². The molecule has 24 heavy (non-hydrogen) atoms. The minimum Gasteiger partial charge on any atom is -0.357 e. The Morgan fingerprint density at radius 1 is 1.33 bits per heavy atom. The van der Waals surface area contributed by atoms with Crippen LogP contribution in [-0.2, 0) is 16.6 Å². The Morgan fingerprint density at radius 3 is 2.79 bits per heavy atom. The average molecular weight is 481 g/mol. The van der Waals surface area contributed by atoms with Gasteiger partial charge in [-0.1, -0.05) is 30.3 Å². The van der Waals surface area contributed by atoms with Crippen molar-refractivity contribution in [3.63, 3.8) is 0 Å². The summed E-state index contributed by atoms with van der Waals surface area (Å²) in [6, 6.07) is 10.0. The number of guanidine groups is 1. The molecule has 0 saturated carbocycles. The van der Waals surface area contributed by atoms with E-state index in [-0.39, 0.29) is 24.0 Å². The van der Waals surface area contributed by atoms with E-state index >= 15 is 0 Å². The van der Waals surface area contributed by atoms with Crippen LogP contribution in [0.2, 0.25) is 0 Å². The second-order valence-electron chi connectivity index (χ2n) is 5.56. The third-order valence-corrected chi connectivity index (χ3v) is 6.31. The fraction of sp³-hybridized carbons (Fsp3) is 0.588. The summed E-state index contributed by atoms with van der Waals surface area (Å²) in [5, 5.41) is 7.22. The molecule has 2 unspecified atom stereocenters. The molecule has 0 amide bonds. The molecule has 1 aromatic rings. The molecule has 7 heteroatoms. The van der Waals surface area contributed by atoms with Gasteiger partial charge in [-0.25, -0.2) is 0 Å². The van der Waals surface area contributed by atoms with Crippen molar-refractivity contribution in [2.45, 2.75) is 30.8 Å². The number of hydrogen-bond donors (Lipinski definition) is 2. The van der Waals surface area contributed by atoms with Crippen molar-refractivity contribution in [1.29, 1.82) is 0 Å². The topological polar surface area (TPSA) is 53.5 Å². The SMILES string of the molecule is CCNC(=NCC1CCCS1)NCCS(=O)Cc1ccccc1.I. The van der Waals surface area contributed by atoms with Gasteiger partial charge >= 0.3 is 0 Å². The van der Waals surface area contributed by atoms with Gasteiger partial charge in [-0.3, -0.25) is 9.20 Å². The average Bonchev–Trinajstić information content (AvgIpc) is 3.07. The summed E-state index contributed by atoms with van der Waals surface area (Å²) in [7, 11) is -0.847. The number of hydrogen-bond acceptors (Lipinski definition) is 3. The number of aliphatic imine (C=N–C) groups is 1. The largest absolute Gasteiger partial charge is 0.357 e. The van der Waals surface area contributed by atoms with Crippen molar-refractivity contribution in [2.75, 3.05) is 31.1 Å². The molecule has 0 bridgehead atoms. The molecule has 1 saturated heterocycles. The monoisotopic (exact) mass is 481 g/mol. The van der Waals surface area contributed by atoms with Crippen LogP contribution >= 0.6 is 35.7 Å². The zero-order valence-electron chi connectivity index (χ0n) is 14.2. The number of nitrogens with one attached hydrogen (secondary N) is 2. The molecule has 1 heterocycles. The lowest BCUT2D eigenvalue weighted by Crippen LogP contribution is -2.39. The highest BCUT2D eigenvalue weighted by Crippen LogP contribution is 2.25. The van der Waals surface area contributed by atoms with Gasteiger partial charge in [-0.15, -0.1) is 24.0 Å². The van der Waals surface area contributed by atoms with Crippen LogP contribution in [0, 0.1) is 0 Å². The molecule has 0 aromatic heterocycles. The lowest BCUT2D eigenvalue weighted by atomic mass is 10.2. The van der Waals surface area contributed by atoms with Crippen molar-refractivity contribution < 1.29 is 4.21 Å². The van der Waals surface area contributed by atoms with Crippen LogP contribution in [0.25, 0.3) is 0 Å². The van der Waals surface area contributed by atoms with Crippen LogP contribution in [0.5, 0.6) is 0 Å². The third-order valence-electron chi connectivity index (χ3n) is 3.61. The highest BCUT2D eigenvalue weighted by Gasteiger charge is 2.14. The summed E-state index contributed by atoms with van der Waals surface area (Å²) < 4.78 is 12.1. The number of nitrogens with zero attached hydrogens (tertiary/aromatic N) is 1. The van der Waals surface area contributed by atoms with Crippen LogP contribution in [-0.4, -0.2) is 46.6 Å². The van der Waals surface area contributed by atoms with Crippen LogP contribution in [0.3, 0.4) is 0 Å². The van der Waals surface area contributed by atoms with E-state index in [4.69, 9.17) is 0 Å². The second-order valence-corrected chi connectivity index (χ2v) is 8.54. The Bertz CT molecular complexity index is 508. The Kier molecular flexibility index (Phi) is 11.8. The van der Waals surface area contributed by atoms with E-state index < -0.39 is 10.8 Å². The molecule has 2 atom stereocenters. The van der Waals surface area contributed by atoms with Crippen LogP contribution in [0.15, 0.2) is 35.3 Å². The maximum Gasteiger partial charge on any atom is 0.191 e. The molecule has 1 aromatic carbocycles. The molecule has 0 radical (unpaired) electrons. The normalized spacial score (nSPS) is 18.7. The molecule has 0 spiro atoms. The smallest absolute Gasteiger partial charge is 0.191 e. The van der Waals surface area contributed by atoms with Crippen molar-refractivity contribution in [1.82, 2.24) is 10.6 Å². The maximum atomic E-state index is 12.1. The van der Waals surface area contributed by atoms with Crippen molar-refractivity contribution >= 4 is 52.5 Å². The van der Waals surface area contributed by atoms with E-state index in [0.717, 1.165) is 24.6 Å². The zero-order chi connectivity index (χ0) is 16.3. The lowest BCUT2D eigenvalue weighted by molar-refractivity contribution is 0.680. The molecule has 136 valence electrons. The summed E-state index contributed by atoms with van der Waals surface area (Å²) in [6.45, 7) is 4.46. The first-order chi connectivity index (χ1) is 11.3. The Balaban J connectivity index is 0.00000288. The van der Waals surface area contributed by atoms with Gasteiger partial charge in [-0.05, 0) is 31.1 Å². The van der Waals surface area contributed by atoms with Gasteiger partial charge in [0.15, 0.2) is 5.96 Å². The van der Waals surface area contributed by atoms with E-state index in [9.17, 15) is 4.21 Å². The fourth-order valence-corrected chi connectivity index (χ4v) is 4.66. The zero-order valence-corrected chi connectivity index (χ0v) is 18.2. The molecular weight excluding hydrogens is 453 g/mol. The standard InChI is InChI=1S/C17H27N3OS2.HI/c1-2-18-17(20-13-16-9-6-11-22-16)19-10-12-23(21)14-15-7-4-3-5-8-15;/h3-5,7-8,16H,2,6,9-14H2,1H3,(H2,18,19,20);1H. The summed E-state index contributed by atoms with van der Waals surface area (Å²) >= 11 is 2.02. The molecule has 2 N–H and O–H groups in total. The maximum absolute atomic E-state index is 12.1. The fourth-order valence-electron chi connectivity index (χ4n) is 2.44. The molecule has 1 fully saturated rings. The van der Waals surface area contributed by atoms with Crippen LogP contribution in [0.4, 0.5) is 0 Å². The molecular formula is C17H28IN3OS2. The predicted octanol–water partition coefficient (Wildman–Crippen LogP) is 3.00. The first-order valence-electron chi connectivity index (χ1n) is 8.30. The van der Waals surface area contributed by atoms with Gasteiger partial charge in [0.1, 0.15) is 0 Å². The molecule has 1 aliphatic rings. The number of thioether (sulfide) groups is 1.